The van der Waals surface area contributed by atoms with Crippen molar-refractivity contribution in [3.05, 3.63) is 65.7 Å². The molecule has 22 heavy (non-hydrogen) atoms. The van der Waals surface area contributed by atoms with Gasteiger partial charge >= 0.3 is 5.97 Å². The van der Waals surface area contributed by atoms with Crippen LogP contribution in [0.3, 0.4) is 0 Å². The number of ether oxygens (including phenoxy) is 2. The fourth-order valence-corrected chi connectivity index (χ4v) is 2.13. The average Bonchev–Trinajstić information content (AvgIpc) is 2.55. The molecule has 0 amide bonds. The van der Waals surface area contributed by atoms with E-state index in [-0.39, 0.29) is 12.2 Å². The maximum Gasteiger partial charge on any atom is 0.311 e. The van der Waals surface area contributed by atoms with Crippen LogP contribution in [0, 0.1) is 0 Å². The molecule has 1 unspecified atom stereocenters. The molecule has 0 radical (unpaired) electrons. The fourth-order valence-electron chi connectivity index (χ4n) is 2.13. The van der Waals surface area contributed by atoms with E-state index in [1.807, 2.05) is 18.2 Å². The van der Waals surface area contributed by atoms with E-state index in [1.165, 1.54) is 0 Å². The van der Waals surface area contributed by atoms with Gasteiger partial charge in [0.15, 0.2) is 6.10 Å². The summed E-state index contributed by atoms with van der Waals surface area (Å²) in [6.07, 6.45) is -0.749. The van der Waals surface area contributed by atoms with E-state index in [1.54, 1.807) is 50.4 Å². The number of para-hydroxylation sites is 1. The number of ketones is 1. The molecular formula is C18H18O4. The van der Waals surface area contributed by atoms with Gasteiger partial charge in [0.1, 0.15) is 5.75 Å². The Morgan fingerprint density at radius 2 is 1.64 bits per heavy atom. The Morgan fingerprint density at radius 1 is 1.00 bits per heavy atom. The first-order valence-electron chi connectivity index (χ1n) is 7.02. The number of Topliss-reactive ketones (excluding diaryl/α,β-unsaturated/α-hetero) is 1. The first-order valence-corrected chi connectivity index (χ1v) is 7.02. The second kappa shape index (κ2) is 7.41. The predicted octanol–water partition coefficient (Wildman–Crippen LogP) is 3.05. The van der Waals surface area contributed by atoms with Gasteiger partial charge in [0.05, 0.1) is 13.5 Å². The molecule has 0 aliphatic carbocycles. The lowest BCUT2D eigenvalue weighted by molar-refractivity contribution is -0.145. The third kappa shape index (κ3) is 3.95. The van der Waals surface area contributed by atoms with E-state index >= 15 is 0 Å². The Balaban J connectivity index is 1.98. The molecular weight excluding hydrogens is 280 g/mol. The summed E-state index contributed by atoms with van der Waals surface area (Å²) in [5.41, 5.74) is 1.26. The quantitative estimate of drug-likeness (QED) is 0.607. The SMILES string of the molecule is COc1ccccc1CC(=O)OC(C)C(=O)c1ccccc1. The molecule has 0 spiro atoms. The van der Waals surface area contributed by atoms with Crippen LogP contribution in [0.2, 0.25) is 0 Å². The second-order valence-electron chi connectivity index (χ2n) is 4.85. The number of hydrogen-bond acceptors (Lipinski definition) is 4. The summed E-state index contributed by atoms with van der Waals surface area (Å²) in [5.74, 6) is -0.0447. The zero-order valence-electron chi connectivity index (χ0n) is 12.6. The minimum Gasteiger partial charge on any atom is -0.496 e. The molecule has 0 saturated carbocycles. The Kier molecular flexibility index (Phi) is 5.31. The minimum atomic E-state index is -0.815. The lowest BCUT2D eigenvalue weighted by Gasteiger charge is -2.13. The zero-order valence-corrected chi connectivity index (χ0v) is 12.6. The van der Waals surface area contributed by atoms with Crippen molar-refractivity contribution < 1.29 is 19.1 Å². The van der Waals surface area contributed by atoms with Crippen LogP contribution in [0.5, 0.6) is 5.75 Å². The van der Waals surface area contributed by atoms with Gasteiger partial charge in [-0.05, 0) is 13.0 Å². The van der Waals surface area contributed by atoms with Gasteiger partial charge in [0.2, 0.25) is 5.78 Å². The maximum atomic E-state index is 12.2. The van der Waals surface area contributed by atoms with Crippen molar-refractivity contribution in [2.24, 2.45) is 0 Å². The van der Waals surface area contributed by atoms with Crippen molar-refractivity contribution in [3.63, 3.8) is 0 Å². The first kappa shape index (κ1) is 15.8. The number of rotatable bonds is 6. The number of carbonyl (C=O) groups excluding carboxylic acids is 2. The van der Waals surface area contributed by atoms with Crippen LogP contribution in [0.4, 0.5) is 0 Å². The van der Waals surface area contributed by atoms with Crippen LogP contribution >= 0.6 is 0 Å². The molecule has 0 bridgehead atoms. The van der Waals surface area contributed by atoms with Crippen molar-refractivity contribution in [1.29, 1.82) is 0 Å². The molecule has 0 fully saturated rings. The number of carbonyl (C=O) groups is 2. The highest BCUT2D eigenvalue weighted by Crippen LogP contribution is 2.18. The van der Waals surface area contributed by atoms with E-state index < -0.39 is 12.1 Å². The smallest absolute Gasteiger partial charge is 0.311 e. The molecule has 2 aromatic rings. The van der Waals surface area contributed by atoms with Gasteiger partial charge in [-0.25, -0.2) is 0 Å². The van der Waals surface area contributed by atoms with Crippen molar-refractivity contribution >= 4 is 11.8 Å². The van der Waals surface area contributed by atoms with Gasteiger partial charge in [0.25, 0.3) is 0 Å². The Hall–Kier alpha value is -2.62. The summed E-state index contributed by atoms with van der Waals surface area (Å²) in [6.45, 7) is 1.58. The molecule has 114 valence electrons. The summed E-state index contributed by atoms with van der Waals surface area (Å²) in [7, 11) is 1.55. The third-order valence-corrected chi connectivity index (χ3v) is 3.26. The van der Waals surface area contributed by atoms with E-state index in [0.29, 0.717) is 11.3 Å². The minimum absolute atomic E-state index is 0.0659. The molecule has 2 rings (SSSR count). The predicted molar refractivity (Wildman–Crippen MR) is 83.0 cm³/mol. The van der Waals surface area contributed by atoms with Gasteiger partial charge in [0, 0.05) is 11.1 Å². The van der Waals surface area contributed by atoms with Gasteiger partial charge in [-0.1, -0.05) is 48.5 Å². The molecule has 2 aromatic carbocycles. The van der Waals surface area contributed by atoms with Crippen LogP contribution in [0.1, 0.15) is 22.8 Å². The van der Waals surface area contributed by atoms with Crippen LogP contribution in [-0.4, -0.2) is 25.0 Å². The second-order valence-corrected chi connectivity index (χ2v) is 4.85. The molecule has 0 N–H and O–H groups in total. The van der Waals surface area contributed by atoms with Crippen molar-refractivity contribution in [2.45, 2.75) is 19.4 Å². The largest absolute Gasteiger partial charge is 0.496 e. The Bertz CT molecular complexity index is 649. The number of esters is 1. The maximum absolute atomic E-state index is 12.2. The number of hydrogen-bond donors (Lipinski definition) is 0. The summed E-state index contributed by atoms with van der Waals surface area (Å²) in [6, 6.07) is 16.0. The first-order chi connectivity index (χ1) is 10.6. The van der Waals surface area contributed by atoms with Crippen molar-refractivity contribution in [1.82, 2.24) is 0 Å². The monoisotopic (exact) mass is 298 g/mol. The van der Waals surface area contributed by atoms with Crippen LogP contribution in [-0.2, 0) is 16.0 Å². The summed E-state index contributed by atoms with van der Waals surface area (Å²) < 4.78 is 10.4. The van der Waals surface area contributed by atoms with Gasteiger partial charge < -0.3 is 9.47 Å². The highest BCUT2D eigenvalue weighted by Gasteiger charge is 2.20. The Morgan fingerprint density at radius 3 is 2.32 bits per heavy atom. The summed E-state index contributed by atoms with van der Waals surface area (Å²) >= 11 is 0. The standard InChI is InChI=1S/C18H18O4/c1-13(18(20)14-8-4-3-5-9-14)22-17(19)12-15-10-6-7-11-16(15)21-2/h3-11,13H,12H2,1-2H3. The molecule has 0 aliphatic heterocycles. The lowest BCUT2D eigenvalue weighted by atomic mass is 10.1. The van der Waals surface area contributed by atoms with Gasteiger partial charge in [-0.2, -0.15) is 0 Å². The van der Waals surface area contributed by atoms with E-state index in [2.05, 4.69) is 0 Å². The normalized spacial score (nSPS) is 11.5. The highest BCUT2D eigenvalue weighted by atomic mass is 16.5. The number of methoxy groups -OCH3 is 1. The highest BCUT2D eigenvalue weighted by molar-refractivity contribution is 6.00. The fraction of sp³-hybridized carbons (Fsp3) is 0.222. The third-order valence-electron chi connectivity index (χ3n) is 3.26. The molecule has 0 heterocycles. The van der Waals surface area contributed by atoms with E-state index in [4.69, 9.17) is 9.47 Å². The van der Waals surface area contributed by atoms with Gasteiger partial charge in [-0.15, -0.1) is 0 Å². The van der Waals surface area contributed by atoms with E-state index in [9.17, 15) is 9.59 Å². The van der Waals surface area contributed by atoms with Crippen molar-refractivity contribution in [2.75, 3.05) is 7.11 Å². The number of benzene rings is 2. The Labute approximate surface area is 129 Å². The average molecular weight is 298 g/mol. The van der Waals surface area contributed by atoms with Crippen LogP contribution in [0.15, 0.2) is 54.6 Å². The molecule has 0 aliphatic rings. The molecule has 4 heteroatoms. The van der Waals surface area contributed by atoms with Crippen LogP contribution in [0.25, 0.3) is 0 Å². The van der Waals surface area contributed by atoms with Crippen LogP contribution < -0.4 is 4.74 Å². The van der Waals surface area contributed by atoms with Gasteiger partial charge in [-0.3, -0.25) is 9.59 Å². The molecule has 4 nitrogen and oxygen atoms in total. The topological polar surface area (TPSA) is 52.6 Å². The molecule has 1 atom stereocenters. The molecule has 0 saturated heterocycles. The zero-order chi connectivity index (χ0) is 15.9. The lowest BCUT2D eigenvalue weighted by Crippen LogP contribution is -2.25. The van der Waals surface area contributed by atoms with Crippen molar-refractivity contribution in [3.8, 4) is 5.75 Å². The summed E-state index contributed by atoms with van der Waals surface area (Å²) in [4.78, 5) is 24.2. The van der Waals surface area contributed by atoms with E-state index in [0.717, 1.165) is 5.56 Å². The molecule has 0 aromatic heterocycles. The summed E-state index contributed by atoms with van der Waals surface area (Å²) in [5, 5.41) is 0.